The lowest BCUT2D eigenvalue weighted by Crippen LogP contribution is -2.19. The molecule has 136 valence electrons. The van der Waals surface area contributed by atoms with Crippen molar-refractivity contribution in [2.75, 3.05) is 18.5 Å². The molecule has 0 spiro atoms. The van der Waals surface area contributed by atoms with Crippen molar-refractivity contribution >= 4 is 16.7 Å². The summed E-state index contributed by atoms with van der Waals surface area (Å²) < 4.78 is 11.1. The maximum Gasteiger partial charge on any atom is 0.226 e. The average molecular weight is 352 g/mol. The van der Waals surface area contributed by atoms with Crippen LogP contribution in [0.25, 0.3) is 22.3 Å². The molecule has 2 aromatic heterocycles. The number of para-hydroxylation sites is 1. The number of nitrogens with one attached hydrogen (secondary N) is 1. The van der Waals surface area contributed by atoms with Crippen LogP contribution in [0.15, 0.2) is 28.8 Å². The second-order valence-electron chi connectivity index (χ2n) is 6.81. The first-order valence-electron chi connectivity index (χ1n) is 9.33. The highest BCUT2D eigenvalue weighted by Crippen LogP contribution is 2.30. The number of fused-ring (bicyclic) bond motifs is 1. The lowest BCUT2D eigenvalue weighted by atomic mass is 10.1. The predicted molar refractivity (Wildman–Crippen MR) is 101 cm³/mol. The number of nitrogens with zero attached hydrogens (tertiary/aromatic N) is 3. The van der Waals surface area contributed by atoms with Gasteiger partial charge < -0.3 is 14.6 Å². The van der Waals surface area contributed by atoms with Crippen molar-refractivity contribution in [2.24, 2.45) is 0 Å². The molecule has 1 aromatic carbocycles. The molecule has 0 aliphatic carbocycles. The molecule has 4 rings (SSSR count). The Kier molecular flexibility index (Phi) is 4.84. The zero-order valence-corrected chi connectivity index (χ0v) is 15.3. The van der Waals surface area contributed by atoms with E-state index < -0.39 is 0 Å². The maximum atomic E-state index is 5.73. The van der Waals surface area contributed by atoms with Crippen LogP contribution in [-0.2, 0) is 11.2 Å². The average Bonchev–Trinajstić information content (AvgIpc) is 3.32. The van der Waals surface area contributed by atoms with E-state index in [-0.39, 0.29) is 6.10 Å². The molecule has 0 amide bonds. The number of hydrogen-bond acceptors (Lipinski definition) is 6. The van der Waals surface area contributed by atoms with E-state index in [0.29, 0.717) is 11.7 Å². The summed E-state index contributed by atoms with van der Waals surface area (Å²) in [5, 5.41) is 8.71. The van der Waals surface area contributed by atoms with Crippen LogP contribution in [0, 0.1) is 6.92 Å². The summed E-state index contributed by atoms with van der Waals surface area (Å²) in [6.45, 7) is 5.75. The van der Waals surface area contributed by atoms with Gasteiger partial charge in [0.15, 0.2) is 0 Å². The molecule has 1 fully saturated rings. The van der Waals surface area contributed by atoms with Crippen molar-refractivity contribution in [3.05, 3.63) is 35.7 Å². The molecular weight excluding hydrogens is 328 g/mol. The molecule has 0 saturated carbocycles. The Labute approximate surface area is 153 Å². The second-order valence-corrected chi connectivity index (χ2v) is 6.81. The summed E-state index contributed by atoms with van der Waals surface area (Å²) >= 11 is 0. The van der Waals surface area contributed by atoms with Crippen LogP contribution in [0.4, 0.5) is 5.82 Å². The summed E-state index contributed by atoms with van der Waals surface area (Å²) in [6.07, 6.45) is 4.19. The van der Waals surface area contributed by atoms with Crippen LogP contribution in [0.1, 0.15) is 37.6 Å². The molecule has 3 aromatic rings. The molecular formula is C20H24N4O2. The smallest absolute Gasteiger partial charge is 0.226 e. The molecule has 0 radical (unpaired) electrons. The van der Waals surface area contributed by atoms with Gasteiger partial charge in [0.25, 0.3) is 0 Å². The highest BCUT2D eigenvalue weighted by Gasteiger charge is 2.19. The molecule has 1 saturated heterocycles. The van der Waals surface area contributed by atoms with Gasteiger partial charge in [-0.2, -0.15) is 4.98 Å². The molecule has 1 aliphatic rings. The molecule has 3 heterocycles. The normalized spacial score (nSPS) is 17.1. The van der Waals surface area contributed by atoms with Gasteiger partial charge in [-0.1, -0.05) is 30.3 Å². The topological polar surface area (TPSA) is 73.1 Å². The minimum atomic E-state index is 0.234. The summed E-state index contributed by atoms with van der Waals surface area (Å²) in [6, 6.07) is 8.28. The summed E-state index contributed by atoms with van der Waals surface area (Å²) in [5.74, 6) is 2.03. The maximum absolute atomic E-state index is 5.73. The van der Waals surface area contributed by atoms with Crippen molar-refractivity contribution in [2.45, 2.75) is 45.6 Å². The van der Waals surface area contributed by atoms with Crippen LogP contribution < -0.4 is 5.32 Å². The zero-order chi connectivity index (χ0) is 17.9. The minimum Gasteiger partial charge on any atom is -0.376 e. The Hall–Kier alpha value is -2.47. The van der Waals surface area contributed by atoms with Crippen molar-refractivity contribution in [1.29, 1.82) is 0 Å². The number of aryl methyl sites for hydroxylation is 2. The number of anilines is 1. The standard InChI is InChI=1S/C20H24N4O2/c1-3-6-17-22-20(24-26-17)16-11-14-8-4-7-13(2)18(14)23-19(16)21-12-15-9-5-10-25-15/h4,7-8,11,15H,3,5-6,9-10,12H2,1-2H3,(H,21,23). The number of pyridine rings is 1. The highest BCUT2D eigenvalue weighted by molar-refractivity contribution is 5.89. The molecule has 1 unspecified atom stereocenters. The van der Waals surface area contributed by atoms with Gasteiger partial charge in [0.05, 0.1) is 17.2 Å². The van der Waals surface area contributed by atoms with E-state index in [0.717, 1.165) is 66.7 Å². The van der Waals surface area contributed by atoms with E-state index in [1.54, 1.807) is 0 Å². The van der Waals surface area contributed by atoms with Crippen LogP contribution in [-0.4, -0.2) is 34.4 Å². The first-order chi connectivity index (χ1) is 12.7. The predicted octanol–water partition coefficient (Wildman–Crippen LogP) is 4.14. The quantitative estimate of drug-likeness (QED) is 0.719. The van der Waals surface area contributed by atoms with Gasteiger partial charge in [0.2, 0.25) is 11.7 Å². The Morgan fingerprint density at radius 3 is 3.00 bits per heavy atom. The van der Waals surface area contributed by atoms with Crippen LogP contribution >= 0.6 is 0 Å². The molecule has 6 heteroatoms. The lowest BCUT2D eigenvalue weighted by molar-refractivity contribution is 0.120. The molecule has 0 bridgehead atoms. The molecule has 26 heavy (non-hydrogen) atoms. The minimum absolute atomic E-state index is 0.234. The Balaban J connectivity index is 1.73. The summed E-state index contributed by atoms with van der Waals surface area (Å²) in [4.78, 5) is 9.43. The number of hydrogen-bond donors (Lipinski definition) is 1. The first-order valence-corrected chi connectivity index (χ1v) is 9.33. The number of ether oxygens (including phenoxy) is 1. The third-order valence-electron chi connectivity index (χ3n) is 4.74. The fraction of sp³-hybridized carbons (Fsp3) is 0.450. The fourth-order valence-corrected chi connectivity index (χ4v) is 3.35. The highest BCUT2D eigenvalue weighted by atomic mass is 16.5. The number of aromatic nitrogens is 3. The van der Waals surface area contributed by atoms with Gasteiger partial charge in [-0.3, -0.25) is 0 Å². The summed E-state index contributed by atoms with van der Waals surface area (Å²) in [5.41, 5.74) is 3.00. The van der Waals surface area contributed by atoms with Crippen molar-refractivity contribution in [1.82, 2.24) is 15.1 Å². The monoisotopic (exact) mass is 352 g/mol. The molecule has 1 aliphatic heterocycles. The van der Waals surface area contributed by atoms with Crippen molar-refractivity contribution in [3.8, 4) is 11.4 Å². The van der Waals surface area contributed by atoms with E-state index in [1.165, 1.54) is 0 Å². The van der Waals surface area contributed by atoms with Crippen LogP contribution in [0.2, 0.25) is 0 Å². The largest absolute Gasteiger partial charge is 0.376 e. The zero-order valence-electron chi connectivity index (χ0n) is 15.3. The third-order valence-corrected chi connectivity index (χ3v) is 4.74. The molecule has 1 atom stereocenters. The van der Waals surface area contributed by atoms with E-state index in [1.807, 2.05) is 6.07 Å². The van der Waals surface area contributed by atoms with Crippen molar-refractivity contribution in [3.63, 3.8) is 0 Å². The number of benzene rings is 1. The lowest BCUT2D eigenvalue weighted by Gasteiger charge is -2.14. The van der Waals surface area contributed by atoms with Gasteiger partial charge in [0, 0.05) is 25.0 Å². The summed E-state index contributed by atoms with van der Waals surface area (Å²) in [7, 11) is 0. The van der Waals surface area contributed by atoms with Gasteiger partial charge in [0.1, 0.15) is 5.82 Å². The third kappa shape index (κ3) is 3.42. The Bertz CT molecular complexity index is 900. The Morgan fingerprint density at radius 1 is 1.27 bits per heavy atom. The van der Waals surface area contributed by atoms with E-state index >= 15 is 0 Å². The van der Waals surface area contributed by atoms with E-state index in [4.69, 9.17) is 14.2 Å². The molecule has 1 N–H and O–H groups in total. The van der Waals surface area contributed by atoms with Gasteiger partial charge in [-0.15, -0.1) is 0 Å². The van der Waals surface area contributed by atoms with Crippen molar-refractivity contribution < 1.29 is 9.26 Å². The second kappa shape index (κ2) is 7.41. The van der Waals surface area contributed by atoms with Crippen LogP contribution in [0.5, 0.6) is 0 Å². The van der Waals surface area contributed by atoms with E-state index in [9.17, 15) is 0 Å². The first kappa shape index (κ1) is 17.0. The Morgan fingerprint density at radius 2 is 2.19 bits per heavy atom. The fourth-order valence-electron chi connectivity index (χ4n) is 3.35. The number of rotatable bonds is 6. The van der Waals surface area contributed by atoms with Crippen LogP contribution in [0.3, 0.4) is 0 Å². The molecule has 6 nitrogen and oxygen atoms in total. The van der Waals surface area contributed by atoms with Gasteiger partial charge >= 0.3 is 0 Å². The van der Waals surface area contributed by atoms with Gasteiger partial charge in [-0.05, 0) is 37.8 Å². The van der Waals surface area contributed by atoms with E-state index in [2.05, 4.69) is 47.5 Å². The van der Waals surface area contributed by atoms with Gasteiger partial charge in [-0.25, -0.2) is 4.98 Å². The SMILES string of the molecule is CCCc1nc(-c2cc3cccc(C)c3nc2NCC2CCCO2)no1.